The average Bonchev–Trinajstić information content (AvgIpc) is 2.45. The molecule has 0 aliphatic rings. The summed E-state index contributed by atoms with van der Waals surface area (Å²) in [5, 5.41) is 2.79. The molecule has 0 spiro atoms. The Morgan fingerprint density at radius 1 is 1.32 bits per heavy atom. The second-order valence-electron chi connectivity index (χ2n) is 3.86. The molecule has 98 valence electrons. The maximum atomic E-state index is 11.9. The fourth-order valence-electron chi connectivity index (χ4n) is 1.55. The number of amides is 1. The average molecular weight is 258 g/mol. The fraction of sp³-hybridized carbons (Fsp3) is 0.154. The quantitative estimate of drug-likeness (QED) is 0.853. The van der Waals surface area contributed by atoms with E-state index in [1.165, 1.54) is 12.3 Å². The van der Waals surface area contributed by atoms with Crippen molar-refractivity contribution in [2.45, 2.75) is 6.54 Å². The molecule has 0 aromatic carbocycles. The Bertz CT molecular complexity index is 586. The predicted octanol–water partition coefficient (Wildman–Crippen LogP) is 0.997. The number of hydrogen-bond donors (Lipinski definition) is 2. The Kier molecular flexibility index (Phi) is 3.92. The van der Waals surface area contributed by atoms with Crippen molar-refractivity contribution in [1.29, 1.82) is 0 Å². The minimum atomic E-state index is -0.204. The first-order chi connectivity index (χ1) is 9.19. The summed E-state index contributed by atoms with van der Waals surface area (Å²) in [7, 11) is 1.55. The highest BCUT2D eigenvalue weighted by Crippen LogP contribution is 2.09. The van der Waals surface area contributed by atoms with Gasteiger partial charge in [-0.2, -0.15) is 0 Å². The van der Waals surface area contributed by atoms with Crippen LogP contribution in [0, 0.1) is 0 Å². The van der Waals surface area contributed by atoms with Gasteiger partial charge in [-0.25, -0.2) is 9.97 Å². The minimum Gasteiger partial charge on any atom is -0.481 e. The van der Waals surface area contributed by atoms with Crippen LogP contribution >= 0.6 is 0 Å². The molecule has 0 fully saturated rings. The molecule has 2 heterocycles. The molecule has 0 atom stereocenters. The summed E-state index contributed by atoms with van der Waals surface area (Å²) < 4.78 is 5.01. The summed E-state index contributed by atoms with van der Waals surface area (Å²) in [6.07, 6.45) is 3.13. The number of ether oxygens (including phenoxy) is 1. The molecular formula is C13H14N4O2. The van der Waals surface area contributed by atoms with Crippen LogP contribution in [0.1, 0.15) is 15.9 Å². The number of anilines is 1. The first kappa shape index (κ1) is 12.8. The summed E-state index contributed by atoms with van der Waals surface area (Å²) in [4.78, 5) is 19.7. The van der Waals surface area contributed by atoms with Crippen molar-refractivity contribution < 1.29 is 9.53 Å². The predicted molar refractivity (Wildman–Crippen MR) is 70.6 cm³/mol. The summed E-state index contributed by atoms with van der Waals surface area (Å²) in [5.74, 6) is 0.628. The third kappa shape index (κ3) is 3.41. The molecule has 0 radical (unpaired) electrons. The molecule has 0 saturated heterocycles. The van der Waals surface area contributed by atoms with E-state index in [9.17, 15) is 4.79 Å². The number of nitrogens with zero attached hydrogens (tertiary/aromatic N) is 2. The summed E-state index contributed by atoms with van der Waals surface area (Å²) in [6, 6.07) is 6.71. The Balaban J connectivity index is 2.00. The Morgan fingerprint density at radius 2 is 2.11 bits per heavy atom. The van der Waals surface area contributed by atoms with Crippen LogP contribution in [0.25, 0.3) is 0 Å². The largest absolute Gasteiger partial charge is 0.481 e. The molecule has 6 nitrogen and oxygen atoms in total. The van der Waals surface area contributed by atoms with Crippen LogP contribution in [0.15, 0.2) is 36.7 Å². The van der Waals surface area contributed by atoms with E-state index in [0.29, 0.717) is 23.8 Å². The van der Waals surface area contributed by atoms with Gasteiger partial charge in [0.15, 0.2) is 0 Å². The van der Waals surface area contributed by atoms with E-state index in [0.717, 1.165) is 5.56 Å². The zero-order valence-corrected chi connectivity index (χ0v) is 10.5. The summed E-state index contributed by atoms with van der Waals surface area (Å²) >= 11 is 0. The van der Waals surface area contributed by atoms with Crippen molar-refractivity contribution in [3.05, 3.63) is 47.8 Å². The molecule has 1 amide bonds. The number of methoxy groups -OCH3 is 1. The third-order valence-electron chi connectivity index (χ3n) is 2.50. The molecule has 0 saturated carbocycles. The van der Waals surface area contributed by atoms with Gasteiger partial charge in [-0.05, 0) is 23.8 Å². The Hall–Kier alpha value is -2.63. The van der Waals surface area contributed by atoms with Gasteiger partial charge in [0.25, 0.3) is 5.91 Å². The standard InChI is InChI=1S/C13H14N4O2/c1-19-12-6-9(2-4-16-12)8-17-13(18)10-3-5-15-11(14)7-10/h2-7H,8H2,1H3,(H2,14,15)(H,17,18). The number of hydrogen-bond acceptors (Lipinski definition) is 5. The molecular weight excluding hydrogens is 244 g/mol. The van der Waals surface area contributed by atoms with Crippen molar-refractivity contribution in [2.24, 2.45) is 0 Å². The molecule has 19 heavy (non-hydrogen) atoms. The molecule has 0 aliphatic heterocycles. The van der Waals surface area contributed by atoms with Gasteiger partial charge in [0, 0.05) is 30.6 Å². The maximum Gasteiger partial charge on any atom is 0.251 e. The summed E-state index contributed by atoms with van der Waals surface area (Å²) in [6.45, 7) is 0.389. The smallest absolute Gasteiger partial charge is 0.251 e. The highest BCUT2D eigenvalue weighted by atomic mass is 16.5. The highest BCUT2D eigenvalue weighted by molar-refractivity contribution is 5.94. The van der Waals surface area contributed by atoms with E-state index in [2.05, 4.69) is 15.3 Å². The lowest BCUT2D eigenvalue weighted by Crippen LogP contribution is -2.23. The van der Waals surface area contributed by atoms with Crippen molar-refractivity contribution in [3.8, 4) is 5.88 Å². The van der Waals surface area contributed by atoms with Crippen LogP contribution in [0.2, 0.25) is 0 Å². The van der Waals surface area contributed by atoms with E-state index in [-0.39, 0.29) is 5.91 Å². The zero-order chi connectivity index (χ0) is 13.7. The van der Waals surface area contributed by atoms with E-state index in [4.69, 9.17) is 10.5 Å². The van der Waals surface area contributed by atoms with E-state index in [1.807, 2.05) is 6.07 Å². The highest BCUT2D eigenvalue weighted by Gasteiger charge is 2.06. The molecule has 2 rings (SSSR count). The van der Waals surface area contributed by atoms with Gasteiger partial charge in [0.1, 0.15) is 5.82 Å². The molecule has 0 bridgehead atoms. The monoisotopic (exact) mass is 258 g/mol. The van der Waals surface area contributed by atoms with Crippen LogP contribution in [-0.2, 0) is 6.54 Å². The third-order valence-corrected chi connectivity index (χ3v) is 2.50. The van der Waals surface area contributed by atoms with Crippen LogP contribution in [-0.4, -0.2) is 23.0 Å². The zero-order valence-electron chi connectivity index (χ0n) is 10.5. The molecule has 2 aromatic rings. The lowest BCUT2D eigenvalue weighted by atomic mass is 10.2. The lowest BCUT2D eigenvalue weighted by molar-refractivity contribution is 0.0951. The first-order valence-electron chi connectivity index (χ1n) is 5.67. The molecule has 0 unspecified atom stereocenters. The minimum absolute atomic E-state index is 0.204. The second-order valence-corrected chi connectivity index (χ2v) is 3.86. The van der Waals surface area contributed by atoms with Gasteiger partial charge in [-0.3, -0.25) is 4.79 Å². The maximum absolute atomic E-state index is 11.9. The number of rotatable bonds is 4. The van der Waals surface area contributed by atoms with Gasteiger partial charge in [-0.1, -0.05) is 0 Å². The normalized spacial score (nSPS) is 9.95. The number of aromatic nitrogens is 2. The number of nitrogens with two attached hydrogens (primary N) is 1. The van der Waals surface area contributed by atoms with E-state index >= 15 is 0 Å². The second kappa shape index (κ2) is 5.81. The van der Waals surface area contributed by atoms with Crippen LogP contribution in [0.5, 0.6) is 5.88 Å². The van der Waals surface area contributed by atoms with Crippen molar-refractivity contribution >= 4 is 11.7 Å². The van der Waals surface area contributed by atoms with Gasteiger partial charge in [0.2, 0.25) is 5.88 Å². The van der Waals surface area contributed by atoms with Crippen LogP contribution < -0.4 is 15.8 Å². The van der Waals surface area contributed by atoms with Crippen LogP contribution in [0.3, 0.4) is 0 Å². The number of nitrogens with one attached hydrogen (secondary N) is 1. The SMILES string of the molecule is COc1cc(CNC(=O)c2ccnc(N)c2)ccn1. The van der Waals surface area contributed by atoms with Crippen molar-refractivity contribution in [2.75, 3.05) is 12.8 Å². The first-order valence-corrected chi connectivity index (χ1v) is 5.67. The lowest BCUT2D eigenvalue weighted by Gasteiger charge is -2.06. The van der Waals surface area contributed by atoms with Crippen LogP contribution in [0.4, 0.5) is 5.82 Å². The number of nitrogen functional groups attached to an aromatic ring is 1. The molecule has 3 N–H and O–H groups in total. The number of pyridine rings is 2. The number of carbonyl (C=O) groups excluding carboxylic acids is 1. The van der Waals surface area contributed by atoms with E-state index in [1.54, 1.807) is 25.4 Å². The van der Waals surface area contributed by atoms with Crippen molar-refractivity contribution in [3.63, 3.8) is 0 Å². The van der Waals surface area contributed by atoms with Gasteiger partial charge >= 0.3 is 0 Å². The summed E-state index contributed by atoms with van der Waals surface area (Å²) in [5.41, 5.74) is 6.91. The molecule has 0 aliphatic carbocycles. The molecule has 2 aromatic heterocycles. The van der Waals surface area contributed by atoms with Gasteiger partial charge in [0.05, 0.1) is 7.11 Å². The molecule has 6 heteroatoms. The fourth-order valence-corrected chi connectivity index (χ4v) is 1.55. The van der Waals surface area contributed by atoms with E-state index < -0.39 is 0 Å². The number of carbonyl (C=O) groups is 1. The topological polar surface area (TPSA) is 90.1 Å². The van der Waals surface area contributed by atoms with Gasteiger partial charge < -0.3 is 15.8 Å². The van der Waals surface area contributed by atoms with Gasteiger partial charge in [-0.15, -0.1) is 0 Å². The Morgan fingerprint density at radius 3 is 2.84 bits per heavy atom. The Labute approximate surface area is 110 Å². The van der Waals surface area contributed by atoms with Crippen molar-refractivity contribution in [1.82, 2.24) is 15.3 Å².